The molecule has 0 radical (unpaired) electrons. The molecular formula is C7H6FNO3. The van der Waals surface area contributed by atoms with Crippen molar-refractivity contribution < 1.29 is 19.4 Å². The maximum atomic E-state index is 11.4. The van der Waals surface area contributed by atoms with Crippen LogP contribution in [0, 0.1) is 0 Å². The van der Waals surface area contributed by atoms with Crippen molar-refractivity contribution in [2.75, 3.05) is 5.73 Å². The van der Waals surface area contributed by atoms with Crippen molar-refractivity contribution in [2.24, 2.45) is 0 Å². The Balaban J connectivity index is 3.09. The molecule has 1 aromatic rings. The number of phenolic OH excluding ortho intramolecular Hbond substituents is 1. The van der Waals surface area contributed by atoms with Crippen molar-refractivity contribution in [3.8, 4) is 5.75 Å². The van der Waals surface area contributed by atoms with Gasteiger partial charge in [0, 0.05) is 16.3 Å². The number of anilines is 1. The zero-order valence-electron chi connectivity index (χ0n) is 5.95. The van der Waals surface area contributed by atoms with Crippen molar-refractivity contribution in [2.45, 2.75) is 0 Å². The molecule has 64 valence electrons. The summed E-state index contributed by atoms with van der Waals surface area (Å²) in [7, 11) is 0. The Morgan fingerprint density at radius 3 is 2.75 bits per heavy atom. The predicted molar refractivity (Wildman–Crippen MR) is 39.0 cm³/mol. The van der Waals surface area contributed by atoms with Gasteiger partial charge in [0.15, 0.2) is 0 Å². The molecule has 0 heterocycles. The topological polar surface area (TPSA) is 72.6 Å². The minimum Gasteiger partial charge on any atom is -0.507 e. The fraction of sp³-hybridized carbons (Fsp3) is 0. The molecule has 0 unspecified atom stereocenters. The van der Waals surface area contributed by atoms with E-state index >= 15 is 0 Å². The average molecular weight is 171 g/mol. The van der Waals surface area contributed by atoms with Gasteiger partial charge < -0.3 is 10.8 Å². The number of nitrogens with two attached hydrogens (primary N) is 1. The first-order valence-electron chi connectivity index (χ1n) is 3.06. The molecule has 1 rings (SSSR count). The van der Waals surface area contributed by atoms with Gasteiger partial charge in [-0.05, 0) is 12.1 Å². The minimum absolute atomic E-state index is 0.258. The molecule has 4 nitrogen and oxygen atoms in total. The summed E-state index contributed by atoms with van der Waals surface area (Å²) in [4.78, 5) is 13.5. The number of halogens is 1. The first-order valence-corrected chi connectivity index (χ1v) is 3.06. The third-order valence-corrected chi connectivity index (χ3v) is 1.31. The SMILES string of the molecule is Nc1ccc(C(=O)OF)c(O)c1. The molecule has 0 aliphatic carbocycles. The number of nitrogen functional groups attached to an aromatic ring is 1. The van der Waals surface area contributed by atoms with E-state index in [9.17, 15) is 9.32 Å². The average Bonchev–Trinajstić information content (AvgIpc) is 2.03. The number of phenols is 1. The van der Waals surface area contributed by atoms with Gasteiger partial charge in [-0.25, -0.2) is 9.74 Å². The molecular weight excluding hydrogens is 165 g/mol. The van der Waals surface area contributed by atoms with Crippen molar-refractivity contribution in [1.82, 2.24) is 0 Å². The van der Waals surface area contributed by atoms with Crippen LogP contribution in [0.3, 0.4) is 0 Å². The minimum atomic E-state index is -1.24. The smallest absolute Gasteiger partial charge is 0.383 e. The van der Waals surface area contributed by atoms with E-state index in [1.165, 1.54) is 12.1 Å². The molecule has 0 saturated carbocycles. The number of hydrogen-bond donors (Lipinski definition) is 2. The Morgan fingerprint density at radius 1 is 1.58 bits per heavy atom. The van der Waals surface area contributed by atoms with Gasteiger partial charge in [0.2, 0.25) is 0 Å². The van der Waals surface area contributed by atoms with Crippen LogP contribution >= 0.6 is 0 Å². The Hall–Kier alpha value is -1.78. The fourth-order valence-corrected chi connectivity index (χ4v) is 0.763. The van der Waals surface area contributed by atoms with Gasteiger partial charge in [-0.2, -0.15) is 0 Å². The zero-order chi connectivity index (χ0) is 9.14. The zero-order valence-corrected chi connectivity index (χ0v) is 5.95. The lowest BCUT2D eigenvalue weighted by molar-refractivity contribution is -0.0789. The lowest BCUT2D eigenvalue weighted by Crippen LogP contribution is -1.99. The van der Waals surface area contributed by atoms with Crippen molar-refractivity contribution >= 4 is 11.7 Å². The number of aromatic hydroxyl groups is 1. The van der Waals surface area contributed by atoms with Gasteiger partial charge in [-0.1, -0.05) is 0 Å². The highest BCUT2D eigenvalue weighted by Gasteiger charge is 2.12. The number of carbonyl (C=O) groups is 1. The Morgan fingerprint density at radius 2 is 2.25 bits per heavy atom. The monoisotopic (exact) mass is 171 g/mol. The maximum Gasteiger partial charge on any atom is 0.383 e. The summed E-state index contributed by atoms with van der Waals surface area (Å²) in [6.45, 7) is 0. The Bertz CT molecular complexity index is 314. The van der Waals surface area contributed by atoms with Crippen molar-refractivity contribution in [1.29, 1.82) is 0 Å². The Labute approximate surface area is 67.3 Å². The molecule has 12 heavy (non-hydrogen) atoms. The summed E-state index contributed by atoms with van der Waals surface area (Å²) in [6, 6.07) is 3.66. The number of hydrogen-bond acceptors (Lipinski definition) is 4. The molecule has 0 amide bonds. The van der Waals surface area contributed by atoms with Crippen LogP contribution in [0.15, 0.2) is 18.2 Å². The molecule has 1 aromatic carbocycles. The van der Waals surface area contributed by atoms with Crippen molar-refractivity contribution in [3.05, 3.63) is 23.8 Å². The van der Waals surface area contributed by atoms with Crippen LogP contribution in [0.5, 0.6) is 5.75 Å². The number of carbonyl (C=O) groups excluding carboxylic acids is 1. The van der Waals surface area contributed by atoms with Gasteiger partial charge >= 0.3 is 5.97 Å². The maximum absolute atomic E-state index is 11.4. The molecule has 5 heteroatoms. The van der Waals surface area contributed by atoms with E-state index in [1.807, 2.05) is 0 Å². The lowest BCUT2D eigenvalue weighted by Gasteiger charge is -1.99. The van der Waals surface area contributed by atoms with Gasteiger partial charge in [-0.15, -0.1) is 0 Å². The van der Waals surface area contributed by atoms with Crippen molar-refractivity contribution in [3.63, 3.8) is 0 Å². The largest absolute Gasteiger partial charge is 0.507 e. The van der Waals surface area contributed by atoms with Gasteiger partial charge in [0.1, 0.15) is 11.3 Å². The second-order valence-corrected chi connectivity index (χ2v) is 2.14. The van der Waals surface area contributed by atoms with E-state index in [0.717, 1.165) is 6.07 Å². The molecule has 0 aromatic heterocycles. The summed E-state index contributed by atoms with van der Waals surface area (Å²) in [6.07, 6.45) is 0. The number of rotatable bonds is 1. The molecule has 0 saturated heterocycles. The molecule has 0 bridgehead atoms. The first-order chi connectivity index (χ1) is 5.65. The summed E-state index contributed by atoms with van der Waals surface area (Å²) in [5.74, 6) is -1.65. The Kier molecular flexibility index (Phi) is 2.14. The molecule has 0 fully saturated rings. The third kappa shape index (κ3) is 1.45. The lowest BCUT2D eigenvalue weighted by atomic mass is 10.2. The highest BCUT2D eigenvalue weighted by molar-refractivity contribution is 5.92. The van der Waals surface area contributed by atoms with Crippen LogP contribution in [-0.2, 0) is 4.94 Å². The van der Waals surface area contributed by atoms with E-state index in [0.29, 0.717) is 0 Å². The van der Waals surface area contributed by atoms with E-state index in [2.05, 4.69) is 4.94 Å². The van der Waals surface area contributed by atoms with E-state index in [-0.39, 0.29) is 11.3 Å². The normalized spacial score (nSPS) is 9.42. The van der Waals surface area contributed by atoms with Crippen LogP contribution in [0.4, 0.5) is 10.2 Å². The molecule has 0 aliphatic heterocycles. The highest BCUT2D eigenvalue weighted by Crippen LogP contribution is 2.20. The highest BCUT2D eigenvalue weighted by atomic mass is 19.3. The number of benzene rings is 1. The standard InChI is InChI=1S/C7H6FNO3/c8-12-7(11)5-2-1-4(9)3-6(5)10/h1-3,10H,9H2. The van der Waals surface area contributed by atoms with Crippen LogP contribution in [0.2, 0.25) is 0 Å². The first kappa shape index (κ1) is 8.32. The molecule has 0 spiro atoms. The summed E-state index contributed by atoms with van der Waals surface area (Å²) in [5, 5.41) is 9.05. The van der Waals surface area contributed by atoms with Gasteiger partial charge in [0.05, 0.1) is 0 Å². The van der Waals surface area contributed by atoms with Gasteiger partial charge in [-0.3, -0.25) is 0 Å². The fourth-order valence-electron chi connectivity index (χ4n) is 0.763. The van der Waals surface area contributed by atoms with E-state index in [1.54, 1.807) is 0 Å². The van der Waals surface area contributed by atoms with Gasteiger partial charge in [0.25, 0.3) is 0 Å². The van der Waals surface area contributed by atoms with Crippen LogP contribution in [-0.4, -0.2) is 11.1 Å². The summed E-state index contributed by atoms with van der Waals surface area (Å²) in [5.41, 5.74) is 5.29. The molecule has 0 atom stereocenters. The molecule has 0 aliphatic rings. The second-order valence-electron chi connectivity index (χ2n) is 2.14. The van der Waals surface area contributed by atoms with Crippen LogP contribution < -0.4 is 5.73 Å². The van der Waals surface area contributed by atoms with E-state index < -0.39 is 11.7 Å². The quantitative estimate of drug-likeness (QED) is 0.618. The predicted octanol–water partition coefficient (Wildman–Crippen LogP) is 1.02. The van der Waals surface area contributed by atoms with Crippen LogP contribution in [0.25, 0.3) is 0 Å². The second kappa shape index (κ2) is 3.08. The van der Waals surface area contributed by atoms with E-state index in [4.69, 9.17) is 10.8 Å². The summed E-state index contributed by atoms with van der Waals surface area (Å²) >= 11 is 0. The molecule has 3 N–H and O–H groups in total. The summed E-state index contributed by atoms with van der Waals surface area (Å²) < 4.78 is 11.4. The van der Waals surface area contributed by atoms with Crippen LogP contribution in [0.1, 0.15) is 10.4 Å². The third-order valence-electron chi connectivity index (χ3n) is 1.31.